The Balaban J connectivity index is 1.42. The van der Waals surface area contributed by atoms with Crippen LogP contribution in [0.3, 0.4) is 0 Å². The maximum absolute atomic E-state index is 13.9. The minimum Gasteiger partial charge on any atom is -0.377 e. The zero-order valence-corrected chi connectivity index (χ0v) is 23.2. The first kappa shape index (κ1) is 26.2. The van der Waals surface area contributed by atoms with Crippen molar-refractivity contribution in [1.29, 1.82) is 0 Å². The fraction of sp³-hybridized carbons (Fsp3) is 0.424. The molecule has 0 aliphatic heterocycles. The van der Waals surface area contributed by atoms with E-state index in [1.807, 2.05) is 18.2 Å². The van der Waals surface area contributed by atoms with Gasteiger partial charge in [0.15, 0.2) is 15.6 Å². The Morgan fingerprint density at radius 2 is 1.72 bits per heavy atom. The fourth-order valence-electron chi connectivity index (χ4n) is 7.83. The SMILES string of the molecule is C[C@]12C[C@H](c3ccc(F)cc3)C3=C4CCC(=O)C=C4CC[C@H]3[C@@H]1CC[C@@]2(O)C#Cc1ccc(S(C)(=O)=O)cc1. The van der Waals surface area contributed by atoms with Gasteiger partial charge in [0.1, 0.15) is 11.4 Å². The van der Waals surface area contributed by atoms with E-state index in [4.69, 9.17) is 0 Å². The second-order valence-electron chi connectivity index (χ2n) is 12.0. The Morgan fingerprint density at radius 3 is 2.41 bits per heavy atom. The zero-order valence-electron chi connectivity index (χ0n) is 22.3. The van der Waals surface area contributed by atoms with Crippen LogP contribution in [-0.4, -0.2) is 31.2 Å². The molecule has 4 aliphatic carbocycles. The molecule has 0 bridgehead atoms. The molecule has 0 saturated heterocycles. The third-order valence-corrected chi connectivity index (χ3v) is 11.0. The molecule has 6 rings (SSSR count). The van der Waals surface area contributed by atoms with Crippen molar-refractivity contribution in [3.63, 3.8) is 0 Å². The minimum absolute atomic E-state index is 0.0178. The number of benzene rings is 2. The summed E-state index contributed by atoms with van der Waals surface area (Å²) >= 11 is 0. The molecule has 2 aromatic rings. The van der Waals surface area contributed by atoms with Crippen LogP contribution in [0.5, 0.6) is 0 Å². The van der Waals surface area contributed by atoms with E-state index < -0.39 is 20.9 Å². The highest BCUT2D eigenvalue weighted by Gasteiger charge is 2.62. The van der Waals surface area contributed by atoms with Crippen LogP contribution in [-0.2, 0) is 14.6 Å². The summed E-state index contributed by atoms with van der Waals surface area (Å²) in [5.74, 6) is 6.86. The van der Waals surface area contributed by atoms with Gasteiger partial charge in [0.25, 0.3) is 0 Å². The van der Waals surface area contributed by atoms with Gasteiger partial charge in [-0.15, -0.1) is 0 Å². The van der Waals surface area contributed by atoms with Crippen molar-refractivity contribution in [2.24, 2.45) is 17.3 Å². The fourth-order valence-corrected chi connectivity index (χ4v) is 8.46. The summed E-state index contributed by atoms with van der Waals surface area (Å²) in [7, 11) is -3.29. The normalized spacial score (nSPS) is 31.9. The summed E-state index contributed by atoms with van der Waals surface area (Å²) in [5, 5.41) is 12.2. The molecule has 5 atom stereocenters. The number of hydrogen-bond donors (Lipinski definition) is 1. The lowest BCUT2D eigenvalue weighted by Gasteiger charge is -2.53. The van der Waals surface area contributed by atoms with Gasteiger partial charge < -0.3 is 5.11 Å². The van der Waals surface area contributed by atoms with Crippen LogP contribution in [0.1, 0.15) is 68.9 Å². The van der Waals surface area contributed by atoms with E-state index in [9.17, 15) is 22.7 Å². The van der Waals surface area contributed by atoms with Gasteiger partial charge in [-0.25, -0.2) is 12.8 Å². The maximum atomic E-state index is 13.9. The zero-order chi connectivity index (χ0) is 27.6. The third-order valence-electron chi connectivity index (χ3n) is 9.85. The maximum Gasteiger partial charge on any atom is 0.175 e. The summed E-state index contributed by atoms with van der Waals surface area (Å²) in [6, 6.07) is 13.2. The van der Waals surface area contributed by atoms with Gasteiger partial charge >= 0.3 is 0 Å². The van der Waals surface area contributed by atoms with Crippen LogP contribution in [0, 0.1) is 34.9 Å². The van der Waals surface area contributed by atoms with Gasteiger partial charge in [-0.1, -0.05) is 36.5 Å². The van der Waals surface area contributed by atoms with E-state index in [1.165, 1.54) is 35.1 Å². The average molecular weight is 545 g/mol. The summed E-state index contributed by atoms with van der Waals surface area (Å²) in [5.41, 5.74) is 3.89. The van der Waals surface area contributed by atoms with Crippen LogP contribution >= 0.6 is 0 Å². The summed E-state index contributed by atoms with van der Waals surface area (Å²) < 4.78 is 37.6. The number of ketones is 1. The first-order chi connectivity index (χ1) is 18.5. The van der Waals surface area contributed by atoms with Crippen LogP contribution in [0.25, 0.3) is 0 Å². The molecular formula is C33H33FO4S. The highest BCUT2D eigenvalue weighted by atomic mass is 32.2. The van der Waals surface area contributed by atoms with Gasteiger partial charge in [0.2, 0.25) is 0 Å². The molecule has 0 aromatic heterocycles. The number of hydrogen-bond acceptors (Lipinski definition) is 4. The third kappa shape index (κ3) is 4.40. The number of allylic oxidation sites excluding steroid dienone is 4. The lowest BCUT2D eigenvalue weighted by Crippen LogP contribution is -2.51. The van der Waals surface area contributed by atoms with Crippen LogP contribution < -0.4 is 0 Å². The van der Waals surface area contributed by atoms with Crippen molar-refractivity contribution in [3.8, 4) is 11.8 Å². The Labute approximate surface area is 229 Å². The number of carbonyl (C=O) groups is 1. The lowest BCUT2D eigenvalue weighted by atomic mass is 9.51. The summed E-state index contributed by atoms with van der Waals surface area (Å²) in [6.45, 7) is 2.17. The highest BCUT2D eigenvalue weighted by Crippen LogP contribution is 2.66. The summed E-state index contributed by atoms with van der Waals surface area (Å²) in [4.78, 5) is 12.5. The molecule has 1 N–H and O–H groups in total. The van der Waals surface area contributed by atoms with E-state index in [-0.39, 0.29) is 34.2 Å². The van der Waals surface area contributed by atoms with Gasteiger partial charge in [-0.2, -0.15) is 0 Å². The van der Waals surface area contributed by atoms with Crippen molar-refractivity contribution in [3.05, 3.63) is 88.3 Å². The molecule has 4 nitrogen and oxygen atoms in total. The van der Waals surface area contributed by atoms with Gasteiger partial charge in [0, 0.05) is 29.6 Å². The quantitative estimate of drug-likeness (QED) is 0.477. The molecule has 39 heavy (non-hydrogen) atoms. The number of aliphatic hydroxyl groups is 1. The van der Waals surface area contributed by atoms with E-state index in [0.717, 1.165) is 31.2 Å². The molecule has 2 aromatic carbocycles. The molecular weight excluding hydrogens is 511 g/mol. The van der Waals surface area contributed by atoms with Gasteiger partial charge in [0.05, 0.1) is 4.90 Å². The minimum atomic E-state index is -3.29. The van der Waals surface area contributed by atoms with Crippen molar-refractivity contribution in [2.75, 3.05) is 6.26 Å². The highest BCUT2D eigenvalue weighted by molar-refractivity contribution is 7.90. The molecule has 0 unspecified atom stereocenters. The van der Waals surface area contributed by atoms with Crippen molar-refractivity contribution >= 4 is 15.6 Å². The van der Waals surface area contributed by atoms with Crippen LogP contribution in [0.15, 0.2) is 76.2 Å². The van der Waals surface area contributed by atoms with Gasteiger partial charge in [-0.3, -0.25) is 4.79 Å². The van der Waals surface area contributed by atoms with Crippen LogP contribution in [0.4, 0.5) is 4.39 Å². The number of sulfone groups is 1. The topological polar surface area (TPSA) is 71.4 Å². The van der Waals surface area contributed by atoms with Crippen molar-refractivity contribution in [2.45, 2.75) is 68.3 Å². The predicted molar refractivity (Wildman–Crippen MR) is 148 cm³/mol. The number of rotatable bonds is 2. The molecule has 0 heterocycles. The molecule has 0 amide bonds. The molecule has 6 heteroatoms. The lowest BCUT2D eigenvalue weighted by molar-refractivity contribution is -0.114. The van der Waals surface area contributed by atoms with Gasteiger partial charge in [-0.05, 0) is 110 Å². The van der Waals surface area contributed by atoms with E-state index in [1.54, 1.807) is 24.3 Å². The molecule has 0 spiro atoms. The Hall–Kier alpha value is -3.01. The molecule has 202 valence electrons. The van der Waals surface area contributed by atoms with Crippen molar-refractivity contribution in [1.82, 2.24) is 0 Å². The first-order valence-electron chi connectivity index (χ1n) is 13.8. The predicted octanol–water partition coefficient (Wildman–Crippen LogP) is 5.91. The van der Waals surface area contributed by atoms with Crippen LogP contribution in [0.2, 0.25) is 0 Å². The molecule has 2 fully saturated rings. The largest absolute Gasteiger partial charge is 0.377 e. The van der Waals surface area contributed by atoms with E-state index in [2.05, 4.69) is 18.8 Å². The Bertz CT molecular complexity index is 1570. The average Bonchev–Trinajstić information content (AvgIpc) is 3.17. The first-order valence-corrected chi connectivity index (χ1v) is 15.7. The van der Waals surface area contributed by atoms with E-state index >= 15 is 0 Å². The van der Waals surface area contributed by atoms with E-state index in [0.29, 0.717) is 24.8 Å². The second-order valence-corrected chi connectivity index (χ2v) is 14.0. The summed E-state index contributed by atoms with van der Waals surface area (Å²) in [6.07, 6.45) is 8.23. The molecule has 0 radical (unpaired) electrons. The standard InChI is InChI=1S/C33H33FO4S/c1-32-20-29(22-5-8-24(34)9-6-22)31-27-14-10-25(35)19-23(27)7-13-28(31)30(32)16-18-33(32,36)17-15-21-3-11-26(12-4-21)39(2,37)38/h3-6,8-9,11-12,19,28-30,36H,7,10,13-14,16,18,20H2,1-2H3/t28-,29+,30-,32-,33-/m0/s1. The molecule has 2 saturated carbocycles. The number of halogens is 1. The number of fused-ring (bicyclic) bond motifs is 4. The monoisotopic (exact) mass is 544 g/mol. The number of carbonyl (C=O) groups excluding carboxylic acids is 1. The Morgan fingerprint density at radius 1 is 1.00 bits per heavy atom. The second kappa shape index (κ2) is 9.28. The van der Waals surface area contributed by atoms with Crippen molar-refractivity contribution < 1.29 is 22.7 Å². The Kier molecular flexibility index (Phi) is 6.24. The molecule has 4 aliphatic rings. The smallest absolute Gasteiger partial charge is 0.175 e.